The van der Waals surface area contributed by atoms with Gasteiger partial charge in [0.15, 0.2) is 0 Å². The third-order valence-electron chi connectivity index (χ3n) is 4.68. The van der Waals surface area contributed by atoms with Crippen molar-refractivity contribution in [2.24, 2.45) is 0 Å². The highest BCUT2D eigenvalue weighted by atomic mass is 35.5. The molecule has 1 saturated heterocycles. The van der Waals surface area contributed by atoms with Crippen LogP contribution in [-0.2, 0) is 15.8 Å². The van der Waals surface area contributed by atoms with Crippen molar-refractivity contribution < 1.29 is 22.8 Å². The molecule has 1 aliphatic rings. The van der Waals surface area contributed by atoms with Crippen molar-refractivity contribution in [1.29, 1.82) is 0 Å². The molecule has 0 saturated carbocycles. The molecule has 2 aromatic rings. The topological polar surface area (TPSA) is 65.5 Å². The van der Waals surface area contributed by atoms with E-state index in [2.05, 4.69) is 15.2 Å². The maximum atomic E-state index is 12.5. The number of anilines is 1. The van der Waals surface area contributed by atoms with E-state index in [9.17, 15) is 22.8 Å². The zero-order valence-corrected chi connectivity index (χ0v) is 17.9. The Kier molecular flexibility index (Phi) is 7.66. The summed E-state index contributed by atoms with van der Waals surface area (Å²) in [5.74, 6) is -0.614. The molecule has 1 N–H and O–H groups in total. The number of amides is 2. The smallest absolute Gasteiger partial charge is 0.368 e. The number of halogens is 4. The quantitative estimate of drug-likeness (QED) is 0.653. The van der Waals surface area contributed by atoms with Crippen LogP contribution in [0.15, 0.2) is 47.6 Å². The van der Waals surface area contributed by atoms with Crippen LogP contribution in [0.5, 0.6) is 0 Å². The van der Waals surface area contributed by atoms with Gasteiger partial charge in [-0.1, -0.05) is 23.4 Å². The minimum atomic E-state index is -4.45. The second-order valence-electron chi connectivity index (χ2n) is 6.79. The van der Waals surface area contributed by atoms with Gasteiger partial charge in [-0.15, -0.1) is 0 Å². The summed E-state index contributed by atoms with van der Waals surface area (Å²) in [5.41, 5.74) is 0.196. The highest BCUT2D eigenvalue weighted by molar-refractivity contribution is 7.99. The van der Waals surface area contributed by atoms with Gasteiger partial charge in [0.1, 0.15) is 0 Å². The van der Waals surface area contributed by atoms with Crippen LogP contribution in [0, 0.1) is 0 Å². The minimum Gasteiger partial charge on any atom is -0.368 e. The SMILES string of the molecule is O=C(CSc1ccc(C(F)(F)F)cn1)NCC(=O)N1CCN(c2ccc(Cl)cc2)CC1. The predicted octanol–water partition coefficient (Wildman–Crippen LogP) is 3.31. The summed E-state index contributed by atoms with van der Waals surface area (Å²) >= 11 is 6.91. The summed E-state index contributed by atoms with van der Waals surface area (Å²) in [6.45, 7) is 2.32. The number of nitrogens with one attached hydrogen (secondary N) is 1. The van der Waals surface area contributed by atoms with Gasteiger partial charge < -0.3 is 15.1 Å². The van der Waals surface area contributed by atoms with Crippen LogP contribution in [0.1, 0.15) is 5.56 Å². The number of nitrogens with zero attached hydrogens (tertiary/aromatic N) is 3. The van der Waals surface area contributed by atoms with Gasteiger partial charge in [0.05, 0.1) is 22.9 Å². The number of carbonyl (C=O) groups excluding carboxylic acids is 2. The van der Waals surface area contributed by atoms with Gasteiger partial charge in [-0.05, 0) is 36.4 Å². The molecule has 6 nitrogen and oxygen atoms in total. The van der Waals surface area contributed by atoms with Gasteiger partial charge in [-0.3, -0.25) is 9.59 Å². The molecule has 0 atom stereocenters. The molecule has 1 fully saturated rings. The van der Waals surface area contributed by atoms with Crippen molar-refractivity contribution in [3.63, 3.8) is 0 Å². The summed E-state index contributed by atoms with van der Waals surface area (Å²) < 4.78 is 37.6. The Bertz CT molecular complexity index is 902. The fourth-order valence-corrected chi connectivity index (χ4v) is 3.77. The van der Waals surface area contributed by atoms with Crippen LogP contribution in [0.3, 0.4) is 0 Å². The van der Waals surface area contributed by atoms with Crippen molar-refractivity contribution in [3.8, 4) is 0 Å². The second-order valence-corrected chi connectivity index (χ2v) is 8.22. The van der Waals surface area contributed by atoms with Gasteiger partial charge in [-0.2, -0.15) is 13.2 Å². The standard InChI is InChI=1S/C20H20ClF3N4O2S/c21-15-2-4-16(5-3-15)27-7-9-28(10-8-27)19(30)12-25-17(29)13-31-18-6-1-14(11-26-18)20(22,23)24/h1-6,11H,7-10,12-13H2,(H,25,29). The highest BCUT2D eigenvalue weighted by Gasteiger charge is 2.30. The zero-order chi connectivity index (χ0) is 22.4. The molecule has 0 spiro atoms. The van der Waals surface area contributed by atoms with Crippen LogP contribution in [-0.4, -0.2) is 60.2 Å². The normalized spacial score (nSPS) is 14.5. The van der Waals surface area contributed by atoms with Crippen molar-refractivity contribution in [2.45, 2.75) is 11.2 Å². The molecule has 1 aromatic heterocycles. The summed E-state index contributed by atoms with van der Waals surface area (Å²) in [7, 11) is 0. The summed E-state index contributed by atoms with van der Waals surface area (Å²) in [6.07, 6.45) is -3.72. The number of aromatic nitrogens is 1. The van der Waals surface area contributed by atoms with E-state index in [1.165, 1.54) is 6.07 Å². The Morgan fingerprint density at radius 2 is 1.74 bits per heavy atom. The molecule has 2 heterocycles. The Balaban J connectivity index is 1.37. The fourth-order valence-electron chi connectivity index (χ4n) is 2.98. The maximum absolute atomic E-state index is 12.5. The largest absolute Gasteiger partial charge is 0.417 e. The van der Waals surface area contributed by atoms with E-state index in [1.54, 1.807) is 4.90 Å². The molecule has 1 aliphatic heterocycles. The number of carbonyl (C=O) groups is 2. The molecule has 1 aromatic carbocycles. The Morgan fingerprint density at radius 1 is 1.06 bits per heavy atom. The first kappa shape index (κ1) is 23.2. The first-order valence-corrected chi connectivity index (χ1v) is 10.8. The molecule has 3 rings (SSSR count). The van der Waals surface area contributed by atoms with Crippen LogP contribution >= 0.6 is 23.4 Å². The number of hydrogen-bond donors (Lipinski definition) is 1. The summed E-state index contributed by atoms with van der Waals surface area (Å²) in [6, 6.07) is 9.64. The maximum Gasteiger partial charge on any atom is 0.417 e. The average molecular weight is 473 g/mol. The molecular weight excluding hydrogens is 453 g/mol. The third kappa shape index (κ3) is 6.76. The van der Waals surface area contributed by atoms with E-state index < -0.39 is 11.7 Å². The zero-order valence-electron chi connectivity index (χ0n) is 16.4. The average Bonchev–Trinajstić information content (AvgIpc) is 2.76. The van der Waals surface area contributed by atoms with Crippen LogP contribution in [0.2, 0.25) is 5.02 Å². The van der Waals surface area contributed by atoms with Gasteiger partial charge in [0, 0.05) is 43.1 Å². The van der Waals surface area contributed by atoms with Gasteiger partial charge in [0.2, 0.25) is 11.8 Å². The lowest BCUT2D eigenvalue weighted by atomic mass is 10.2. The lowest BCUT2D eigenvalue weighted by Crippen LogP contribution is -2.51. The lowest BCUT2D eigenvalue weighted by Gasteiger charge is -2.36. The number of thioether (sulfide) groups is 1. The van der Waals surface area contributed by atoms with Crippen molar-refractivity contribution in [3.05, 3.63) is 53.2 Å². The lowest BCUT2D eigenvalue weighted by molar-refractivity contribution is -0.138. The van der Waals surface area contributed by atoms with E-state index in [-0.39, 0.29) is 24.1 Å². The second kappa shape index (κ2) is 10.2. The van der Waals surface area contributed by atoms with Crippen molar-refractivity contribution in [2.75, 3.05) is 43.4 Å². The fraction of sp³-hybridized carbons (Fsp3) is 0.350. The molecule has 31 heavy (non-hydrogen) atoms. The van der Waals surface area contributed by atoms with E-state index in [0.717, 1.165) is 29.7 Å². The first-order chi connectivity index (χ1) is 14.7. The Hall–Kier alpha value is -2.46. The summed E-state index contributed by atoms with van der Waals surface area (Å²) in [5, 5.41) is 3.51. The number of hydrogen-bond acceptors (Lipinski definition) is 5. The third-order valence-corrected chi connectivity index (χ3v) is 5.87. The molecule has 0 unspecified atom stereocenters. The van der Waals surface area contributed by atoms with Gasteiger partial charge in [0.25, 0.3) is 0 Å². The molecule has 0 bridgehead atoms. The van der Waals surface area contributed by atoms with E-state index >= 15 is 0 Å². The first-order valence-electron chi connectivity index (χ1n) is 9.43. The minimum absolute atomic E-state index is 0.0456. The predicted molar refractivity (Wildman–Crippen MR) is 113 cm³/mol. The number of benzene rings is 1. The molecule has 0 aliphatic carbocycles. The van der Waals surface area contributed by atoms with E-state index in [4.69, 9.17) is 11.6 Å². The number of piperazine rings is 1. The Morgan fingerprint density at radius 3 is 2.32 bits per heavy atom. The molecule has 11 heteroatoms. The Labute approximate surface area is 186 Å². The number of rotatable bonds is 6. The van der Waals surface area contributed by atoms with E-state index in [0.29, 0.717) is 36.2 Å². The van der Waals surface area contributed by atoms with Crippen LogP contribution in [0.4, 0.5) is 18.9 Å². The number of pyridine rings is 1. The monoisotopic (exact) mass is 472 g/mol. The molecule has 0 radical (unpaired) electrons. The molecule has 2 amide bonds. The van der Waals surface area contributed by atoms with Crippen LogP contribution in [0.25, 0.3) is 0 Å². The van der Waals surface area contributed by atoms with Crippen molar-refractivity contribution in [1.82, 2.24) is 15.2 Å². The summed E-state index contributed by atoms with van der Waals surface area (Å²) in [4.78, 5) is 31.9. The number of alkyl halides is 3. The van der Waals surface area contributed by atoms with Crippen LogP contribution < -0.4 is 10.2 Å². The van der Waals surface area contributed by atoms with Gasteiger partial charge >= 0.3 is 6.18 Å². The van der Waals surface area contributed by atoms with E-state index in [1.807, 2.05) is 24.3 Å². The van der Waals surface area contributed by atoms with Crippen molar-refractivity contribution >= 4 is 40.9 Å². The highest BCUT2D eigenvalue weighted by Crippen LogP contribution is 2.29. The van der Waals surface area contributed by atoms with Gasteiger partial charge in [-0.25, -0.2) is 4.98 Å². The molecule has 166 valence electrons. The molecular formula is C20H20ClF3N4O2S.